The third-order valence-electron chi connectivity index (χ3n) is 19.5. The number of allylic oxidation sites excluding steroid dienone is 1. The summed E-state index contributed by atoms with van der Waals surface area (Å²) in [5.74, 6) is 8.45. The molecule has 7 rings (SSSR count). The van der Waals surface area contributed by atoms with Crippen LogP contribution in [0.15, 0.2) is 189 Å². The zero-order chi connectivity index (χ0) is 109. The van der Waals surface area contributed by atoms with Crippen LogP contribution in [0.5, 0.6) is 0 Å². The van der Waals surface area contributed by atoms with Gasteiger partial charge in [0, 0.05) is 11.8 Å². The van der Waals surface area contributed by atoms with Crippen LogP contribution in [0.3, 0.4) is 0 Å². The van der Waals surface area contributed by atoms with Gasteiger partial charge in [0.2, 0.25) is 0 Å². The SMILES string of the molecule is C=CCC(C)C.C=CCOC(=O)C(C)C.CC(=O)C(C)C.CC(C)C.CC(C)C.CC(C)C(=O)OCC1c2ccccc2-c2ccccc21.CC(C)C(=O)OCc1ccccc1.CC(C)CC(C)C.CC(C)CCCCOC(=O)C(C)C.CC(C)COC(=O)C(C)C.CC(C)C[Si](C)(C)C(C)C.CC(C)Cc1ccc(CO)cc1.CC(C)Cc1ccccc1.CCC(C)C.O=COCc1ccccc1.[Ba+2].[H-].[H-]. The van der Waals surface area contributed by atoms with Gasteiger partial charge in [0.05, 0.1) is 57.5 Å². The predicted octanol–water partition coefficient (Wildman–Crippen LogP) is 34.4. The van der Waals surface area contributed by atoms with E-state index < -0.39 is 8.07 Å². The number of fused-ring (bicyclic) bond motifs is 3. The number of ketones is 1. The molecule has 0 aliphatic heterocycles. The summed E-state index contributed by atoms with van der Waals surface area (Å²) in [5.41, 5.74) is 11.8. The third kappa shape index (κ3) is 104. The number of carbonyl (C=O) groups is 7. The van der Waals surface area contributed by atoms with Crippen LogP contribution in [0.2, 0.25) is 24.7 Å². The van der Waals surface area contributed by atoms with Crippen molar-refractivity contribution in [3.8, 4) is 11.1 Å². The van der Waals surface area contributed by atoms with E-state index in [2.05, 4.69) is 283 Å². The number of aliphatic hydroxyl groups excluding tert-OH is 1. The van der Waals surface area contributed by atoms with Crippen molar-refractivity contribution in [1.29, 1.82) is 0 Å². The van der Waals surface area contributed by atoms with E-state index in [0.29, 0.717) is 57.9 Å². The Morgan fingerprint density at radius 3 is 1.00 bits per heavy atom. The summed E-state index contributed by atoms with van der Waals surface area (Å²) in [6, 6.07) is 56.2. The minimum absolute atomic E-state index is 0. The predicted molar refractivity (Wildman–Crippen MR) is 611 cm³/mol. The van der Waals surface area contributed by atoms with E-state index in [1.807, 2.05) is 174 Å². The van der Waals surface area contributed by atoms with Crippen LogP contribution < -0.4 is 0 Å². The topological polar surface area (TPSA) is 195 Å². The van der Waals surface area contributed by atoms with Gasteiger partial charge in [0.15, 0.2) is 0 Å². The first-order valence-corrected chi connectivity index (χ1v) is 55.6. The Bertz CT molecular complexity index is 3820. The summed E-state index contributed by atoms with van der Waals surface area (Å²) >= 11 is 0. The maximum absolute atomic E-state index is 11.7. The van der Waals surface area contributed by atoms with Crippen LogP contribution in [0.25, 0.3) is 11.1 Å². The van der Waals surface area contributed by atoms with Gasteiger partial charge in [-0.2, -0.15) is 0 Å². The molecule has 1 aliphatic rings. The first-order chi connectivity index (χ1) is 64.7. The molecule has 6 aromatic carbocycles. The molecule has 0 radical (unpaired) electrons. The summed E-state index contributed by atoms with van der Waals surface area (Å²) in [5, 5.41) is 8.81. The van der Waals surface area contributed by atoms with Gasteiger partial charge in [0.25, 0.3) is 6.47 Å². The van der Waals surface area contributed by atoms with E-state index in [0.717, 1.165) is 101 Å². The van der Waals surface area contributed by atoms with Crippen LogP contribution in [-0.4, -0.2) is 131 Å². The molecule has 0 saturated heterocycles. The molecular weight excluding hydrogens is 1880 g/mol. The third-order valence-corrected chi connectivity index (χ3v) is 24.5. The molecule has 0 bridgehead atoms. The monoisotopic (exact) mass is 2090 g/mol. The van der Waals surface area contributed by atoms with Crippen molar-refractivity contribution in [3.05, 3.63) is 228 Å². The summed E-state index contributed by atoms with van der Waals surface area (Å²) in [6.45, 7) is 98.8. The van der Waals surface area contributed by atoms with Gasteiger partial charge in [-0.1, -0.05) is 490 Å². The molecule has 1 N–H and O–H groups in total. The number of aliphatic hydroxyl groups is 1. The number of hydrogen-bond donors (Lipinski definition) is 1. The molecule has 16 heteroatoms. The van der Waals surface area contributed by atoms with Gasteiger partial charge in [-0.05, 0) is 161 Å². The van der Waals surface area contributed by atoms with Crippen LogP contribution in [0, 0.1) is 101 Å². The van der Waals surface area contributed by atoms with Gasteiger partial charge in [-0.15, -0.1) is 6.58 Å². The maximum Gasteiger partial charge on any atom is 2.00 e. The Labute approximate surface area is 906 Å². The number of Topliss-reactive ketones (excluding diaryl/α,β-unsaturated/α-hetero) is 1. The molecule has 1 aliphatic carbocycles. The van der Waals surface area contributed by atoms with Gasteiger partial charge < -0.3 is 36.4 Å². The zero-order valence-corrected chi connectivity index (χ0v) is 103. The number of carbonyl (C=O) groups excluding carboxylic acids is 7. The number of esters is 5. The summed E-state index contributed by atoms with van der Waals surface area (Å²) in [7, 11) is -0.844. The molecular formula is C124H214BaO14Si. The smallest absolute Gasteiger partial charge is 1.00 e. The summed E-state index contributed by atoms with van der Waals surface area (Å²) in [4.78, 5) is 75.2. The minimum atomic E-state index is -0.844. The molecule has 0 fully saturated rings. The molecule has 0 spiro atoms. The molecule has 0 atom stereocenters. The van der Waals surface area contributed by atoms with Gasteiger partial charge in [0.1, 0.15) is 32.2 Å². The molecule has 0 saturated carbocycles. The van der Waals surface area contributed by atoms with Crippen molar-refractivity contribution in [1.82, 2.24) is 0 Å². The summed E-state index contributed by atoms with van der Waals surface area (Å²) < 4.78 is 29.7. The quantitative estimate of drug-likeness (QED) is 0.00985. The fourth-order valence-electron chi connectivity index (χ4n) is 11.0. The average molecular weight is 2090 g/mol. The second-order valence-electron chi connectivity index (χ2n) is 43.5. The molecule has 0 aromatic heterocycles. The Morgan fingerprint density at radius 1 is 0.379 bits per heavy atom. The fraction of sp³-hybridized carbons (Fsp3) is 0.621. The number of rotatable bonds is 35. The largest absolute Gasteiger partial charge is 2.00 e. The van der Waals surface area contributed by atoms with E-state index >= 15 is 0 Å². The van der Waals surface area contributed by atoms with Crippen LogP contribution in [-0.2, 0) is 94.6 Å². The maximum atomic E-state index is 11.7. The fourth-order valence-corrected chi connectivity index (χ4v) is 13.6. The van der Waals surface area contributed by atoms with Crippen molar-refractivity contribution in [3.63, 3.8) is 0 Å². The number of ether oxygens (including phenoxy) is 6. The molecule has 6 aromatic rings. The van der Waals surface area contributed by atoms with Gasteiger partial charge >= 0.3 is 78.7 Å². The molecule has 0 heterocycles. The van der Waals surface area contributed by atoms with Crippen molar-refractivity contribution < 1.29 is 69.9 Å². The standard InChI is InChI=1S/C18H18O2.C11H14O2.C11H22O2.C11H16O.C10H14.C9H22Si.C8H8O2.C8H16O2.C7H12O2.C7H16.C6H12.C5H10O.C5H12.2C4H10.Ba.2H/c1-12(2)18(19)20-11-17-15-9-5-3-7-13(15)14-8-4-6-10-16(14)17;1-9(2)11(12)13-8-10-6-4-3-5-7-10;1-9(2)7-5-6-8-13-11(12)10(3)4;1-9(2)7-10-3-5-11(8-12)6-4-10;1-9(2)8-10-6-4-3-5-7-10;1-8(2)7-10(5,6)9(3)4;9-7-10-6-8-4-2-1-3-5-8;1-6(2)5-10-8(9)7(3)4;1-4-5-9-7(8)6(2)3;1-6(2)5-7(3)4;1-4-5-6(2)3;1-4(2)5(3)6;1-4-5(2)3;2*1-4(2)3;;;/h3-10,12,17H,11H2,1-2H3;3-7,9H,8H2,1-2H3;9-10H,5-8H2,1-4H3;3-6,9,12H,7-8H2,1-2H3;3-7,9H,8H2,1-2H3;8-9H,7H2,1-6H3;1-5,7H,6H2;6-7H,5H2,1-4H3;4,6H,1,5H2,2-3H3;6-7H,5H2,1-4H3;4,6H,1,5H2,2-3H3;4H,1-3H3;5H,4H2,1-3H3;2*4H,1-3H3;;;/q;;;;;;;;;;;;;;;+2;2*-1. The molecule has 0 amide bonds. The van der Waals surface area contributed by atoms with Gasteiger partial charge in [-0.3, -0.25) is 33.6 Å². The van der Waals surface area contributed by atoms with E-state index in [4.69, 9.17) is 28.8 Å². The van der Waals surface area contributed by atoms with E-state index in [9.17, 15) is 33.6 Å². The van der Waals surface area contributed by atoms with Gasteiger partial charge in [-0.25, -0.2) is 0 Å². The van der Waals surface area contributed by atoms with Crippen LogP contribution >= 0.6 is 0 Å². The Balaban J connectivity index is -0.000000146. The normalized spacial score (nSPS) is 10.6. The van der Waals surface area contributed by atoms with Crippen molar-refractivity contribution in [2.45, 2.75) is 379 Å². The second kappa shape index (κ2) is 96.8. The Hall–Kier alpha value is -6.96. The van der Waals surface area contributed by atoms with E-state index in [1.54, 1.807) is 26.8 Å². The number of hydrogen-bond acceptors (Lipinski definition) is 14. The second-order valence-corrected chi connectivity index (χ2v) is 49.0. The summed E-state index contributed by atoms with van der Waals surface area (Å²) in [6.07, 6.45) is 13.0. The first kappa shape index (κ1) is 151. The molecule has 0 unspecified atom stereocenters. The minimum Gasteiger partial charge on any atom is -1.00 e. The van der Waals surface area contributed by atoms with Crippen LogP contribution in [0.1, 0.15) is 363 Å². The Morgan fingerprint density at radius 2 is 0.714 bits per heavy atom. The number of unbranched alkanes of at least 4 members (excludes halogenated alkanes) is 1. The molecule has 14 nitrogen and oxygen atoms in total. The van der Waals surface area contributed by atoms with Crippen molar-refractivity contribution >= 4 is 99.1 Å². The molecule has 140 heavy (non-hydrogen) atoms. The first-order valence-electron chi connectivity index (χ1n) is 52.3. The average Bonchev–Trinajstić information content (AvgIpc) is 1.61. The molecule has 800 valence electrons. The van der Waals surface area contributed by atoms with E-state index in [1.165, 1.54) is 65.1 Å². The number of benzene rings is 6. The van der Waals surface area contributed by atoms with Crippen molar-refractivity contribution in [2.24, 2.45) is 101 Å². The van der Waals surface area contributed by atoms with Crippen LogP contribution in [0.4, 0.5) is 0 Å². The van der Waals surface area contributed by atoms with E-state index in [-0.39, 0.29) is 135 Å². The van der Waals surface area contributed by atoms with Crippen molar-refractivity contribution in [2.75, 3.05) is 26.4 Å². The Kier molecular flexibility index (Phi) is 104. The zero-order valence-electron chi connectivity index (χ0n) is 99.5.